The number of nitrogens with one attached hydrogen (secondary N) is 3. The lowest BCUT2D eigenvalue weighted by Crippen LogP contribution is -2.42. The largest absolute Gasteiger partial charge is 0.337 e. The van der Waals surface area contributed by atoms with Crippen molar-refractivity contribution in [1.29, 1.82) is 0 Å². The van der Waals surface area contributed by atoms with Crippen LogP contribution in [0.5, 0.6) is 0 Å². The van der Waals surface area contributed by atoms with Crippen molar-refractivity contribution in [3.05, 3.63) is 24.0 Å². The van der Waals surface area contributed by atoms with Gasteiger partial charge in [0.1, 0.15) is 5.82 Å². The Hall–Kier alpha value is -2.00. The third-order valence-electron chi connectivity index (χ3n) is 7.12. The molecule has 31 heavy (non-hydrogen) atoms. The van der Waals surface area contributed by atoms with Crippen molar-refractivity contribution in [3.8, 4) is 0 Å². The van der Waals surface area contributed by atoms with Gasteiger partial charge in [-0.1, -0.05) is 12.8 Å². The Kier molecular flexibility index (Phi) is 5.97. The van der Waals surface area contributed by atoms with E-state index >= 15 is 0 Å². The van der Waals surface area contributed by atoms with Crippen LogP contribution in [0.25, 0.3) is 0 Å². The first-order chi connectivity index (χ1) is 15.1. The van der Waals surface area contributed by atoms with E-state index in [0.29, 0.717) is 17.4 Å². The van der Waals surface area contributed by atoms with Gasteiger partial charge in [-0.15, -0.1) is 0 Å². The highest BCUT2D eigenvalue weighted by molar-refractivity contribution is 7.84. The maximum atomic E-state index is 11.2. The molecule has 168 valence electrons. The van der Waals surface area contributed by atoms with Crippen LogP contribution in [0.15, 0.2) is 18.3 Å². The van der Waals surface area contributed by atoms with E-state index in [1.165, 1.54) is 44.2 Å². The monoisotopic (exact) mass is 443 g/mol. The molecule has 0 radical (unpaired) electrons. The van der Waals surface area contributed by atoms with Gasteiger partial charge in [0.2, 0.25) is 5.95 Å². The molecule has 2 aliphatic carbocycles. The molecule has 2 aliphatic heterocycles. The maximum Gasteiger partial charge on any atom is 0.227 e. The minimum Gasteiger partial charge on any atom is -0.337 e. The summed E-state index contributed by atoms with van der Waals surface area (Å²) in [5.74, 6) is 3.82. The lowest BCUT2D eigenvalue weighted by Gasteiger charge is -2.37. The second kappa shape index (κ2) is 8.86. The standard InChI is InChI=1S/C22H33N7OS/c1-31(30)10-4-8-23-14-22-12-17(13-22)29(15-22)21-24-9-7-19(26-21)25-20-11-18(27-28-20)16-5-2-3-6-16/h7,9,11,16-17,23H,2-6,8,10,12-15H2,1H3,(H2,24,25,26,27,28). The summed E-state index contributed by atoms with van der Waals surface area (Å²) >= 11 is 0. The fraction of sp³-hybridized carbons (Fsp3) is 0.682. The van der Waals surface area contributed by atoms with Gasteiger partial charge < -0.3 is 15.5 Å². The molecule has 8 nitrogen and oxygen atoms in total. The fourth-order valence-electron chi connectivity index (χ4n) is 5.50. The minimum absolute atomic E-state index is 0.335. The number of rotatable bonds is 10. The number of fused-ring (bicyclic) bond motifs is 1. The molecule has 2 aromatic heterocycles. The van der Waals surface area contributed by atoms with Crippen molar-refractivity contribution in [2.45, 2.75) is 56.9 Å². The molecule has 0 amide bonds. The van der Waals surface area contributed by atoms with Crippen molar-refractivity contribution in [2.75, 3.05) is 41.9 Å². The van der Waals surface area contributed by atoms with Gasteiger partial charge in [0, 0.05) is 71.2 Å². The molecule has 0 spiro atoms. The molecule has 3 N–H and O–H groups in total. The molecule has 2 saturated carbocycles. The average Bonchev–Trinajstić information content (AvgIpc) is 3.50. The molecular formula is C22H33N7OS. The van der Waals surface area contributed by atoms with Gasteiger partial charge >= 0.3 is 0 Å². The van der Waals surface area contributed by atoms with Crippen LogP contribution in [0.2, 0.25) is 0 Å². The Morgan fingerprint density at radius 3 is 2.94 bits per heavy atom. The van der Waals surface area contributed by atoms with Crippen LogP contribution in [-0.4, -0.2) is 62.1 Å². The molecule has 1 atom stereocenters. The van der Waals surface area contributed by atoms with Crippen molar-refractivity contribution >= 4 is 28.4 Å². The van der Waals surface area contributed by atoms with Crippen LogP contribution in [0, 0.1) is 5.41 Å². The van der Waals surface area contributed by atoms with Gasteiger partial charge in [-0.05, 0) is 44.7 Å². The van der Waals surface area contributed by atoms with Crippen molar-refractivity contribution < 1.29 is 4.21 Å². The first-order valence-corrected chi connectivity index (χ1v) is 13.3. The highest BCUT2D eigenvalue weighted by Crippen LogP contribution is 2.52. The zero-order valence-corrected chi connectivity index (χ0v) is 19.1. The van der Waals surface area contributed by atoms with E-state index < -0.39 is 10.8 Å². The molecule has 4 aliphatic rings. The van der Waals surface area contributed by atoms with Crippen LogP contribution < -0.4 is 15.5 Å². The quantitative estimate of drug-likeness (QED) is 0.486. The number of H-pyrrole nitrogens is 1. The van der Waals surface area contributed by atoms with Gasteiger partial charge in [-0.25, -0.2) is 4.98 Å². The normalized spacial score (nSPS) is 26.2. The lowest BCUT2D eigenvalue weighted by molar-refractivity contribution is 0.192. The molecule has 1 unspecified atom stereocenters. The van der Waals surface area contributed by atoms with Crippen LogP contribution in [0.4, 0.5) is 17.6 Å². The molecule has 6 rings (SSSR count). The third-order valence-corrected chi connectivity index (χ3v) is 7.98. The summed E-state index contributed by atoms with van der Waals surface area (Å²) in [6, 6.07) is 4.57. The number of hydrogen-bond acceptors (Lipinski definition) is 7. The van der Waals surface area contributed by atoms with Crippen molar-refractivity contribution in [3.63, 3.8) is 0 Å². The summed E-state index contributed by atoms with van der Waals surface area (Å²) in [6.07, 6.45) is 12.1. The summed E-state index contributed by atoms with van der Waals surface area (Å²) in [6.45, 7) is 2.96. The Morgan fingerprint density at radius 1 is 1.29 bits per heavy atom. The van der Waals surface area contributed by atoms with Crippen LogP contribution >= 0.6 is 0 Å². The number of hydrogen-bond donors (Lipinski definition) is 3. The molecule has 2 bridgehead atoms. The van der Waals surface area contributed by atoms with E-state index in [2.05, 4.69) is 36.8 Å². The van der Waals surface area contributed by atoms with Gasteiger partial charge in [0.05, 0.1) is 0 Å². The second-order valence-electron chi connectivity index (χ2n) is 9.55. The molecule has 4 heterocycles. The number of aromatic nitrogens is 4. The van der Waals surface area contributed by atoms with Crippen molar-refractivity contribution in [2.24, 2.45) is 5.41 Å². The zero-order chi connectivity index (χ0) is 21.3. The van der Waals surface area contributed by atoms with Gasteiger partial charge in [-0.3, -0.25) is 9.31 Å². The molecule has 9 heteroatoms. The highest BCUT2D eigenvalue weighted by atomic mass is 32.2. The topological polar surface area (TPSA) is 98.8 Å². The Bertz CT molecular complexity index is 920. The summed E-state index contributed by atoms with van der Waals surface area (Å²) in [5, 5.41) is 14.6. The van der Waals surface area contributed by atoms with Crippen LogP contribution in [0.1, 0.15) is 56.6 Å². The Balaban J connectivity index is 1.16. The van der Waals surface area contributed by atoms with Gasteiger partial charge in [0.25, 0.3) is 0 Å². The highest BCUT2D eigenvalue weighted by Gasteiger charge is 2.55. The van der Waals surface area contributed by atoms with E-state index in [1.54, 1.807) is 6.26 Å². The van der Waals surface area contributed by atoms with Crippen molar-refractivity contribution in [1.82, 2.24) is 25.5 Å². The summed E-state index contributed by atoms with van der Waals surface area (Å²) < 4.78 is 11.2. The molecule has 2 aromatic rings. The predicted octanol–water partition coefficient (Wildman–Crippen LogP) is 2.93. The van der Waals surface area contributed by atoms with Gasteiger partial charge in [0.15, 0.2) is 5.82 Å². The summed E-state index contributed by atoms with van der Waals surface area (Å²) in [5.41, 5.74) is 1.57. The number of aromatic amines is 1. The first-order valence-electron chi connectivity index (χ1n) is 11.5. The SMILES string of the molecule is CS(=O)CCCNCC12CC(C1)N(c1nccc(Nc3cc(C4CCCC4)[nH]n3)n1)C2. The van der Waals surface area contributed by atoms with Crippen LogP contribution in [-0.2, 0) is 10.8 Å². The summed E-state index contributed by atoms with van der Waals surface area (Å²) in [7, 11) is -0.696. The van der Waals surface area contributed by atoms with E-state index in [4.69, 9.17) is 4.98 Å². The number of anilines is 3. The predicted molar refractivity (Wildman–Crippen MR) is 124 cm³/mol. The average molecular weight is 444 g/mol. The van der Waals surface area contributed by atoms with E-state index in [0.717, 1.165) is 49.4 Å². The number of nitrogens with zero attached hydrogens (tertiary/aromatic N) is 4. The molecule has 0 aromatic carbocycles. The third kappa shape index (κ3) is 4.62. The zero-order valence-electron chi connectivity index (χ0n) is 18.3. The Morgan fingerprint density at radius 2 is 2.13 bits per heavy atom. The van der Waals surface area contributed by atoms with E-state index in [1.807, 2.05) is 12.3 Å². The molecular weight excluding hydrogens is 410 g/mol. The van der Waals surface area contributed by atoms with E-state index in [-0.39, 0.29) is 0 Å². The molecule has 4 fully saturated rings. The van der Waals surface area contributed by atoms with E-state index in [9.17, 15) is 4.21 Å². The van der Waals surface area contributed by atoms with Gasteiger partial charge in [-0.2, -0.15) is 10.1 Å². The minimum atomic E-state index is -0.696. The Labute approximate surface area is 186 Å². The first kappa shape index (κ1) is 20.9. The molecule has 2 saturated heterocycles. The smallest absolute Gasteiger partial charge is 0.227 e. The lowest BCUT2D eigenvalue weighted by atomic mass is 9.70. The maximum absolute atomic E-state index is 11.2. The summed E-state index contributed by atoms with van der Waals surface area (Å²) in [4.78, 5) is 11.7. The van der Waals surface area contributed by atoms with Crippen LogP contribution in [0.3, 0.4) is 0 Å². The second-order valence-corrected chi connectivity index (χ2v) is 11.1. The fourth-order valence-corrected chi connectivity index (χ4v) is 6.05.